The molecular formula is C24H23N5O2S. The summed E-state index contributed by atoms with van der Waals surface area (Å²) >= 11 is 1.28. The van der Waals surface area contributed by atoms with Crippen LogP contribution in [0.25, 0.3) is 0 Å². The van der Waals surface area contributed by atoms with Crippen molar-refractivity contribution in [1.82, 2.24) is 15.6 Å². The van der Waals surface area contributed by atoms with Gasteiger partial charge in [-0.25, -0.2) is 0 Å². The number of aromatic nitrogens is 1. The Kier molecular flexibility index (Phi) is 6.57. The maximum absolute atomic E-state index is 13.3. The van der Waals surface area contributed by atoms with Crippen molar-refractivity contribution in [1.29, 1.82) is 5.26 Å². The fraction of sp³-hybridized carbons (Fsp3) is 0.250. The van der Waals surface area contributed by atoms with Gasteiger partial charge in [-0.05, 0) is 49.6 Å². The number of carbonyl (C=O) groups is 2. The number of benzene rings is 1. The first-order valence-corrected chi connectivity index (χ1v) is 11.4. The van der Waals surface area contributed by atoms with E-state index in [1.807, 2.05) is 37.3 Å². The topological polar surface area (TPSA) is 107 Å². The number of anilines is 1. The molecule has 0 bridgehead atoms. The lowest BCUT2D eigenvalue weighted by molar-refractivity contribution is -0.118. The minimum Gasteiger partial charge on any atom is -0.353 e. The number of nitriles is 1. The van der Waals surface area contributed by atoms with Gasteiger partial charge in [0.25, 0.3) is 5.91 Å². The number of amides is 2. The van der Waals surface area contributed by atoms with Crippen LogP contribution in [0.2, 0.25) is 0 Å². The Bertz CT molecular complexity index is 1120. The van der Waals surface area contributed by atoms with E-state index >= 15 is 0 Å². The molecule has 2 aromatic rings. The SMILES string of the molecule is CC1=C(C(=O)Nc2ccccc2)[C@@H](c2ccncc2)C(C#N)=C(SCC(=O)NC2CC2)N1. The second kappa shape index (κ2) is 9.71. The van der Waals surface area contributed by atoms with Crippen LogP contribution >= 0.6 is 11.8 Å². The average Bonchev–Trinajstić information content (AvgIpc) is 3.62. The van der Waals surface area contributed by atoms with Crippen LogP contribution in [0, 0.1) is 11.3 Å². The van der Waals surface area contributed by atoms with Crippen molar-refractivity contribution in [2.75, 3.05) is 11.1 Å². The Morgan fingerprint density at radius 1 is 1.19 bits per heavy atom. The highest BCUT2D eigenvalue weighted by atomic mass is 32.2. The number of nitrogens with zero attached hydrogens (tertiary/aromatic N) is 2. The smallest absolute Gasteiger partial charge is 0.254 e. The van der Waals surface area contributed by atoms with Gasteiger partial charge >= 0.3 is 0 Å². The maximum atomic E-state index is 13.3. The van der Waals surface area contributed by atoms with Crippen LogP contribution < -0.4 is 16.0 Å². The van der Waals surface area contributed by atoms with Crippen LogP contribution in [-0.4, -0.2) is 28.6 Å². The number of hydrogen-bond acceptors (Lipinski definition) is 6. The van der Waals surface area contributed by atoms with Crippen LogP contribution in [0.4, 0.5) is 5.69 Å². The highest BCUT2D eigenvalue weighted by Gasteiger charge is 2.35. The molecule has 2 aliphatic rings. The summed E-state index contributed by atoms with van der Waals surface area (Å²) in [5, 5.41) is 19.7. The normalized spacial score (nSPS) is 17.9. The Hall–Kier alpha value is -3.57. The monoisotopic (exact) mass is 445 g/mol. The highest BCUT2D eigenvalue weighted by Crippen LogP contribution is 2.40. The number of nitrogens with one attached hydrogen (secondary N) is 3. The molecule has 1 aliphatic carbocycles. The number of carbonyl (C=O) groups excluding carboxylic acids is 2. The van der Waals surface area contributed by atoms with E-state index < -0.39 is 5.92 Å². The predicted octanol–water partition coefficient (Wildman–Crippen LogP) is 3.43. The van der Waals surface area contributed by atoms with Gasteiger partial charge in [0, 0.05) is 35.4 Å². The molecule has 1 atom stereocenters. The molecule has 3 N–H and O–H groups in total. The highest BCUT2D eigenvalue weighted by molar-refractivity contribution is 8.03. The summed E-state index contributed by atoms with van der Waals surface area (Å²) < 4.78 is 0. The minimum atomic E-state index is -0.568. The van der Waals surface area contributed by atoms with Gasteiger partial charge in [-0.3, -0.25) is 14.6 Å². The Morgan fingerprint density at radius 2 is 1.91 bits per heavy atom. The third-order valence-electron chi connectivity index (χ3n) is 5.25. The molecule has 1 fully saturated rings. The fourth-order valence-electron chi connectivity index (χ4n) is 3.57. The second-order valence-corrected chi connectivity index (χ2v) is 8.67. The van der Waals surface area contributed by atoms with Crippen LogP contribution in [0.1, 0.15) is 31.2 Å². The zero-order chi connectivity index (χ0) is 22.5. The van der Waals surface area contributed by atoms with Crippen molar-refractivity contribution in [3.8, 4) is 6.07 Å². The van der Waals surface area contributed by atoms with Gasteiger partial charge in [0.15, 0.2) is 0 Å². The summed E-state index contributed by atoms with van der Waals surface area (Å²) in [5.74, 6) is -0.710. The summed E-state index contributed by atoms with van der Waals surface area (Å²) in [4.78, 5) is 29.6. The molecule has 162 valence electrons. The van der Waals surface area contributed by atoms with Gasteiger partial charge in [0.1, 0.15) is 0 Å². The Morgan fingerprint density at radius 3 is 2.56 bits per heavy atom. The lowest BCUT2D eigenvalue weighted by Gasteiger charge is -2.29. The molecule has 0 spiro atoms. The van der Waals surface area contributed by atoms with Crippen LogP contribution in [0.3, 0.4) is 0 Å². The van der Waals surface area contributed by atoms with E-state index in [2.05, 4.69) is 27.0 Å². The third kappa shape index (κ3) is 5.01. The quantitative estimate of drug-likeness (QED) is 0.603. The Labute approximate surface area is 191 Å². The third-order valence-corrected chi connectivity index (χ3v) is 6.27. The van der Waals surface area contributed by atoms with Crippen molar-refractivity contribution in [2.24, 2.45) is 0 Å². The minimum absolute atomic E-state index is 0.0567. The number of pyridine rings is 1. The molecule has 1 saturated carbocycles. The summed E-state index contributed by atoms with van der Waals surface area (Å²) in [6.07, 6.45) is 5.33. The molecule has 32 heavy (non-hydrogen) atoms. The first kappa shape index (κ1) is 21.7. The van der Waals surface area contributed by atoms with Gasteiger partial charge in [-0.2, -0.15) is 5.26 Å². The molecule has 1 aliphatic heterocycles. The first-order chi connectivity index (χ1) is 15.6. The summed E-state index contributed by atoms with van der Waals surface area (Å²) in [6.45, 7) is 1.81. The van der Waals surface area contributed by atoms with E-state index in [0.717, 1.165) is 18.4 Å². The number of para-hydroxylation sites is 1. The van der Waals surface area contributed by atoms with E-state index in [4.69, 9.17) is 0 Å². The summed E-state index contributed by atoms with van der Waals surface area (Å²) in [7, 11) is 0. The van der Waals surface area contributed by atoms with Gasteiger partial charge in [-0.15, -0.1) is 0 Å². The first-order valence-electron chi connectivity index (χ1n) is 10.4. The predicted molar refractivity (Wildman–Crippen MR) is 124 cm³/mol. The molecular weight excluding hydrogens is 422 g/mol. The van der Waals surface area contributed by atoms with Gasteiger partial charge in [-0.1, -0.05) is 30.0 Å². The van der Waals surface area contributed by atoms with Crippen LogP contribution in [-0.2, 0) is 9.59 Å². The van der Waals surface area contributed by atoms with Crippen LogP contribution in [0.15, 0.2) is 76.7 Å². The summed E-state index contributed by atoms with van der Waals surface area (Å²) in [6, 6.07) is 15.4. The van der Waals surface area contributed by atoms with Crippen molar-refractivity contribution in [2.45, 2.75) is 31.7 Å². The van der Waals surface area contributed by atoms with Gasteiger partial charge in [0.05, 0.1) is 28.3 Å². The van der Waals surface area contributed by atoms with E-state index in [0.29, 0.717) is 27.6 Å². The maximum Gasteiger partial charge on any atom is 0.254 e. The second-order valence-electron chi connectivity index (χ2n) is 7.68. The van der Waals surface area contributed by atoms with Crippen LogP contribution in [0.5, 0.6) is 0 Å². The lowest BCUT2D eigenvalue weighted by Crippen LogP contribution is -2.32. The molecule has 1 aromatic heterocycles. The van der Waals surface area contributed by atoms with Crippen molar-refractivity contribution in [3.05, 3.63) is 82.3 Å². The molecule has 0 unspecified atom stereocenters. The van der Waals surface area contributed by atoms with E-state index in [9.17, 15) is 14.9 Å². The van der Waals surface area contributed by atoms with Crippen molar-refractivity contribution >= 4 is 29.3 Å². The average molecular weight is 446 g/mol. The molecule has 7 nitrogen and oxygen atoms in total. The molecule has 4 rings (SSSR count). The number of dihydropyridines is 1. The zero-order valence-electron chi connectivity index (χ0n) is 17.6. The molecule has 0 radical (unpaired) electrons. The molecule has 1 aromatic carbocycles. The molecule has 2 amide bonds. The Balaban J connectivity index is 1.64. The molecule has 0 saturated heterocycles. The van der Waals surface area contributed by atoms with Crippen molar-refractivity contribution < 1.29 is 9.59 Å². The van der Waals surface area contributed by atoms with Gasteiger partial charge < -0.3 is 16.0 Å². The fourth-order valence-corrected chi connectivity index (χ4v) is 4.47. The lowest BCUT2D eigenvalue weighted by atomic mass is 9.82. The summed E-state index contributed by atoms with van der Waals surface area (Å²) in [5.41, 5.74) is 2.97. The van der Waals surface area contributed by atoms with E-state index in [1.54, 1.807) is 24.5 Å². The van der Waals surface area contributed by atoms with Crippen molar-refractivity contribution in [3.63, 3.8) is 0 Å². The van der Waals surface area contributed by atoms with Gasteiger partial charge in [0.2, 0.25) is 5.91 Å². The number of hydrogen-bond donors (Lipinski definition) is 3. The molecule has 2 heterocycles. The molecule has 8 heteroatoms. The standard InChI is InChI=1S/C24H23N5O2S/c1-15-21(23(31)29-17-5-3-2-4-6-17)22(16-9-11-26-12-10-16)19(13-25)24(27-15)32-14-20(30)28-18-7-8-18/h2-6,9-12,18,22,27H,7-8,14H2,1H3,(H,28,30)(H,29,31)/t22-/m0/s1. The number of rotatable bonds is 7. The largest absolute Gasteiger partial charge is 0.353 e. The van der Waals surface area contributed by atoms with E-state index in [1.165, 1.54) is 11.8 Å². The van der Waals surface area contributed by atoms with E-state index in [-0.39, 0.29) is 23.6 Å². The zero-order valence-corrected chi connectivity index (χ0v) is 18.4. The number of allylic oxidation sites excluding steroid dienone is 2. The number of thioether (sulfide) groups is 1.